The Bertz CT molecular complexity index is 1220. The van der Waals surface area contributed by atoms with Gasteiger partial charge in [-0.05, 0) is 74.0 Å². The molecule has 0 saturated heterocycles. The zero-order valence-electron chi connectivity index (χ0n) is 19.2. The Morgan fingerprint density at radius 3 is 2.31 bits per heavy atom. The van der Waals surface area contributed by atoms with E-state index in [9.17, 15) is 14.4 Å². The van der Waals surface area contributed by atoms with Crippen molar-refractivity contribution in [2.75, 3.05) is 13.2 Å². The number of amides is 2. The number of hydrogen-bond acceptors (Lipinski definition) is 6. The van der Waals surface area contributed by atoms with E-state index in [4.69, 9.17) is 21.1 Å². The number of aryl methyl sites for hydroxylation is 1. The highest BCUT2D eigenvalue weighted by atomic mass is 35.5. The van der Waals surface area contributed by atoms with Crippen molar-refractivity contribution < 1.29 is 23.9 Å². The molecule has 3 rings (SSSR count). The summed E-state index contributed by atoms with van der Waals surface area (Å²) in [6.07, 6.45) is 1.41. The van der Waals surface area contributed by atoms with E-state index in [1.54, 1.807) is 61.5 Å². The predicted octanol–water partition coefficient (Wildman–Crippen LogP) is 4.15. The molecule has 2 amide bonds. The number of esters is 1. The first-order valence-electron chi connectivity index (χ1n) is 10.8. The molecule has 0 saturated carbocycles. The van der Waals surface area contributed by atoms with Gasteiger partial charge in [-0.15, -0.1) is 0 Å². The second-order valence-electron chi connectivity index (χ2n) is 7.38. The van der Waals surface area contributed by atoms with Crippen molar-refractivity contribution in [3.63, 3.8) is 0 Å². The van der Waals surface area contributed by atoms with Crippen LogP contribution in [0.25, 0.3) is 0 Å². The smallest absolute Gasteiger partial charge is 0.343 e. The quantitative estimate of drug-likeness (QED) is 0.201. The van der Waals surface area contributed by atoms with Crippen molar-refractivity contribution in [3.8, 4) is 11.5 Å². The average molecular weight is 494 g/mol. The second-order valence-corrected chi connectivity index (χ2v) is 7.81. The zero-order chi connectivity index (χ0) is 25.2. The number of carbonyl (C=O) groups excluding carboxylic acids is 3. The molecule has 2 N–H and O–H groups in total. The molecule has 0 fully saturated rings. The van der Waals surface area contributed by atoms with Crippen LogP contribution in [0.5, 0.6) is 11.5 Å². The lowest BCUT2D eigenvalue weighted by atomic mass is 10.1. The van der Waals surface area contributed by atoms with Crippen molar-refractivity contribution in [1.29, 1.82) is 0 Å². The summed E-state index contributed by atoms with van der Waals surface area (Å²) in [6, 6.07) is 18.2. The Kier molecular flexibility index (Phi) is 8.97. The van der Waals surface area contributed by atoms with Crippen LogP contribution in [0.3, 0.4) is 0 Å². The molecule has 0 heterocycles. The molecule has 0 spiro atoms. The van der Waals surface area contributed by atoms with Gasteiger partial charge in [0.25, 0.3) is 11.8 Å². The van der Waals surface area contributed by atoms with Crippen LogP contribution in [-0.4, -0.2) is 37.1 Å². The van der Waals surface area contributed by atoms with E-state index in [2.05, 4.69) is 15.8 Å². The van der Waals surface area contributed by atoms with Gasteiger partial charge >= 0.3 is 5.97 Å². The van der Waals surface area contributed by atoms with E-state index < -0.39 is 11.9 Å². The molecule has 0 bridgehead atoms. The molecule has 0 aliphatic heterocycles. The molecule has 3 aromatic rings. The van der Waals surface area contributed by atoms with Gasteiger partial charge in [0.2, 0.25) is 0 Å². The molecule has 0 atom stereocenters. The molecule has 3 aromatic carbocycles. The van der Waals surface area contributed by atoms with Crippen LogP contribution < -0.4 is 20.2 Å². The maximum atomic E-state index is 12.4. The normalized spacial score (nSPS) is 10.6. The van der Waals surface area contributed by atoms with Crippen LogP contribution in [0.2, 0.25) is 5.02 Å². The van der Waals surface area contributed by atoms with Crippen molar-refractivity contribution >= 4 is 35.6 Å². The van der Waals surface area contributed by atoms with E-state index >= 15 is 0 Å². The molecule has 35 heavy (non-hydrogen) atoms. The van der Waals surface area contributed by atoms with Crippen molar-refractivity contribution in [2.45, 2.75) is 13.8 Å². The fourth-order valence-corrected chi connectivity index (χ4v) is 3.01. The third-order valence-electron chi connectivity index (χ3n) is 4.68. The molecule has 0 unspecified atom stereocenters. The van der Waals surface area contributed by atoms with Gasteiger partial charge in [-0.25, -0.2) is 10.2 Å². The summed E-state index contributed by atoms with van der Waals surface area (Å²) in [7, 11) is 0. The van der Waals surface area contributed by atoms with E-state index in [1.165, 1.54) is 6.21 Å². The zero-order valence-corrected chi connectivity index (χ0v) is 20.0. The average Bonchev–Trinajstić information content (AvgIpc) is 2.85. The minimum Gasteiger partial charge on any atom is -0.490 e. The highest BCUT2D eigenvalue weighted by Gasteiger charge is 2.13. The molecule has 9 heteroatoms. The number of nitrogens with one attached hydrogen (secondary N) is 2. The summed E-state index contributed by atoms with van der Waals surface area (Å²) in [5, 5.41) is 6.95. The standard InChI is InChI=1S/C26H24ClN3O5/c1-3-34-23-14-18(6-13-22(23)35-26(33)20-9-11-21(27)12-10-20)15-29-30-24(31)16-28-25(32)19-7-4-17(2)5-8-19/h4-15H,3,16H2,1-2H3,(H,28,32)(H,30,31). The maximum Gasteiger partial charge on any atom is 0.343 e. The fourth-order valence-electron chi connectivity index (χ4n) is 2.89. The van der Waals surface area contributed by atoms with Crippen LogP contribution in [-0.2, 0) is 4.79 Å². The van der Waals surface area contributed by atoms with Crippen molar-refractivity contribution in [2.24, 2.45) is 5.10 Å². The first-order valence-corrected chi connectivity index (χ1v) is 11.1. The Morgan fingerprint density at radius 1 is 0.943 bits per heavy atom. The number of rotatable bonds is 9. The van der Waals surface area contributed by atoms with Gasteiger partial charge in [0.1, 0.15) is 0 Å². The summed E-state index contributed by atoms with van der Waals surface area (Å²) >= 11 is 5.85. The van der Waals surface area contributed by atoms with E-state index in [0.717, 1.165) is 5.56 Å². The minimum absolute atomic E-state index is 0.228. The molecule has 8 nitrogen and oxygen atoms in total. The Morgan fingerprint density at radius 2 is 1.63 bits per heavy atom. The van der Waals surface area contributed by atoms with Crippen LogP contribution >= 0.6 is 11.6 Å². The number of ether oxygens (including phenoxy) is 2. The molecular weight excluding hydrogens is 470 g/mol. The number of halogens is 1. The molecule has 0 aliphatic carbocycles. The van der Waals surface area contributed by atoms with Crippen LogP contribution in [0, 0.1) is 6.92 Å². The minimum atomic E-state index is -0.552. The number of benzene rings is 3. The Labute approximate surface area is 207 Å². The van der Waals surface area contributed by atoms with Gasteiger partial charge in [0, 0.05) is 10.6 Å². The summed E-state index contributed by atoms with van der Waals surface area (Å²) < 4.78 is 11.0. The predicted molar refractivity (Wildman–Crippen MR) is 133 cm³/mol. The van der Waals surface area contributed by atoms with E-state index in [0.29, 0.717) is 34.1 Å². The molecule has 0 radical (unpaired) electrons. The monoisotopic (exact) mass is 493 g/mol. The van der Waals surface area contributed by atoms with Gasteiger partial charge in [-0.2, -0.15) is 5.10 Å². The lowest BCUT2D eigenvalue weighted by Gasteiger charge is -2.11. The van der Waals surface area contributed by atoms with E-state index in [1.807, 2.05) is 19.1 Å². The van der Waals surface area contributed by atoms with Gasteiger partial charge in [0.05, 0.1) is 24.9 Å². The van der Waals surface area contributed by atoms with Gasteiger partial charge in [0.15, 0.2) is 11.5 Å². The largest absolute Gasteiger partial charge is 0.490 e. The number of hydrogen-bond donors (Lipinski definition) is 2. The van der Waals surface area contributed by atoms with Crippen LogP contribution in [0.1, 0.15) is 38.8 Å². The van der Waals surface area contributed by atoms with E-state index in [-0.39, 0.29) is 18.2 Å². The first kappa shape index (κ1) is 25.5. The van der Waals surface area contributed by atoms with Crippen molar-refractivity contribution in [1.82, 2.24) is 10.7 Å². The lowest BCUT2D eigenvalue weighted by molar-refractivity contribution is -0.120. The first-order chi connectivity index (χ1) is 16.9. The summed E-state index contributed by atoms with van der Waals surface area (Å²) in [4.78, 5) is 36.5. The second kappa shape index (κ2) is 12.3. The number of nitrogens with zero attached hydrogens (tertiary/aromatic N) is 1. The van der Waals surface area contributed by atoms with Gasteiger partial charge < -0.3 is 14.8 Å². The molecule has 0 aromatic heterocycles. The molecular formula is C26H24ClN3O5. The Balaban J connectivity index is 1.56. The SMILES string of the molecule is CCOc1cc(C=NNC(=O)CNC(=O)c2ccc(C)cc2)ccc1OC(=O)c1ccc(Cl)cc1. The van der Waals surface area contributed by atoms with Gasteiger partial charge in [-0.1, -0.05) is 29.3 Å². The summed E-state index contributed by atoms with van der Waals surface area (Å²) in [5.74, 6) is -0.805. The summed E-state index contributed by atoms with van der Waals surface area (Å²) in [5.41, 5.74) is 4.80. The third kappa shape index (κ3) is 7.68. The Hall–Kier alpha value is -4.17. The van der Waals surface area contributed by atoms with Crippen molar-refractivity contribution in [3.05, 3.63) is 94.0 Å². The summed E-state index contributed by atoms with van der Waals surface area (Å²) in [6.45, 7) is 3.85. The third-order valence-corrected chi connectivity index (χ3v) is 4.93. The van der Waals surface area contributed by atoms with Crippen LogP contribution in [0.4, 0.5) is 0 Å². The molecule has 0 aliphatic rings. The lowest BCUT2D eigenvalue weighted by Crippen LogP contribution is -2.34. The highest BCUT2D eigenvalue weighted by Crippen LogP contribution is 2.29. The highest BCUT2D eigenvalue weighted by molar-refractivity contribution is 6.30. The number of hydrazone groups is 1. The maximum absolute atomic E-state index is 12.4. The fraction of sp³-hybridized carbons (Fsp3) is 0.154. The number of carbonyl (C=O) groups is 3. The van der Waals surface area contributed by atoms with Gasteiger partial charge in [-0.3, -0.25) is 9.59 Å². The molecule has 180 valence electrons. The van der Waals surface area contributed by atoms with Crippen LogP contribution in [0.15, 0.2) is 71.8 Å². The topological polar surface area (TPSA) is 106 Å².